The van der Waals surface area contributed by atoms with Crippen LogP contribution >= 0.6 is 0 Å². The zero-order chi connectivity index (χ0) is 16.4. The van der Waals surface area contributed by atoms with Crippen LogP contribution in [0.1, 0.15) is 5.56 Å². The summed E-state index contributed by atoms with van der Waals surface area (Å²) in [7, 11) is -4.39. The maximum Gasteiger partial charge on any atom is 0.296 e. The molecule has 0 saturated carbocycles. The van der Waals surface area contributed by atoms with Gasteiger partial charge in [0, 0.05) is 5.39 Å². The van der Waals surface area contributed by atoms with Gasteiger partial charge in [0.2, 0.25) is 0 Å². The summed E-state index contributed by atoms with van der Waals surface area (Å²) in [6.07, 6.45) is 0. The standard InChI is InChI=1S/C17H14N2O3S/c1-12-6-9-14(10-7-12)18-19-17-15-5-3-2-4-13(15)8-11-16(17)23(20,21)22/h2-11H,1H3,(H,20,21,22). The molecule has 3 aromatic rings. The predicted octanol–water partition coefficient (Wildman–Crippen LogP) is 4.81. The van der Waals surface area contributed by atoms with E-state index in [0.29, 0.717) is 11.1 Å². The summed E-state index contributed by atoms with van der Waals surface area (Å²) in [5, 5.41) is 9.60. The van der Waals surface area contributed by atoms with E-state index in [1.807, 2.05) is 31.2 Å². The molecule has 0 saturated heterocycles. The Kier molecular flexibility index (Phi) is 3.94. The lowest BCUT2D eigenvalue weighted by Crippen LogP contribution is -1.98. The first-order valence-electron chi connectivity index (χ1n) is 6.93. The van der Waals surface area contributed by atoms with Crippen LogP contribution in [0.2, 0.25) is 0 Å². The summed E-state index contributed by atoms with van der Waals surface area (Å²) >= 11 is 0. The van der Waals surface area contributed by atoms with Gasteiger partial charge in [-0.1, -0.05) is 48.0 Å². The number of benzene rings is 3. The maximum atomic E-state index is 11.6. The van der Waals surface area contributed by atoms with Crippen molar-refractivity contribution in [3.63, 3.8) is 0 Å². The monoisotopic (exact) mass is 326 g/mol. The van der Waals surface area contributed by atoms with Crippen LogP contribution in [-0.2, 0) is 10.1 Å². The van der Waals surface area contributed by atoms with Gasteiger partial charge in [0.15, 0.2) is 0 Å². The molecule has 1 N–H and O–H groups in total. The molecule has 5 nitrogen and oxygen atoms in total. The zero-order valence-corrected chi connectivity index (χ0v) is 13.2. The molecule has 0 fully saturated rings. The lowest BCUT2D eigenvalue weighted by atomic mass is 10.1. The van der Waals surface area contributed by atoms with E-state index in [9.17, 15) is 13.0 Å². The van der Waals surface area contributed by atoms with Crippen molar-refractivity contribution in [3.05, 3.63) is 66.2 Å². The van der Waals surface area contributed by atoms with Crippen molar-refractivity contribution in [2.45, 2.75) is 11.8 Å². The third-order valence-electron chi connectivity index (χ3n) is 3.44. The highest BCUT2D eigenvalue weighted by Crippen LogP contribution is 2.34. The van der Waals surface area contributed by atoms with E-state index in [1.165, 1.54) is 6.07 Å². The van der Waals surface area contributed by atoms with Crippen LogP contribution < -0.4 is 0 Å². The number of hydrogen-bond acceptors (Lipinski definition) is 4. The van der Waals surface area contributed by atoms with Gasteiger partial charge in [0.1, 0.15) is 10.6 Å². The molecule has 0 spiro atoms. The van der Waals surface area contributed by atoms with E-state index in [0.717, 1.165) is 10.9 Å². The minimum atomic E-state index is -4.39. The Hall–Kier alpha value is -2.57. The minimum absolute atomic E-state index is 0.131. The number of nitrogens with zero attached hydrogens (tertiary/aromatic N) is 2. The Morgan fingerprint density at radius 1 is 0.870 bits per heavy atom. The normalized spacial score (nSPS) is 12.1. The van der Waals surface area contributed by atoms with E-state index in [2.05, 4.69) is 10.2 Å². The summed E-state index contributed by atoms with van der Waals surface area (Å²) in [5.41, 5.74) is 1.82. The van der Waals surface area contributed by atoms with Gasteiger partial charge in [-0.05, 0) is 30.5 Å². The van der Waals surface area contributed by atoms with Crippen molar-refractivity contribution >= 4 is 32.3 Å². The van der Waals surface area contributed by atoms with Gasteiger partial charge in [0.05, 0.1) is 5.69 Å². The topological polar surface area (TPSA) is 79.1 Å². The van der Waals surface area contributed by atoms with Crippen LogP contribution in [0.4, 0.5) is 11.4 Å². The van der Waals surface area contributed by atoms with E-state index in [4.69, 9.17) is 0 Å². The third kappa shape index (κ3) is 3.28. The summed E-state index contributed by atoms with van der Waals surface area (Å²) in [6.45, 7) is 1.96. The van der Waals surface area contributed by atoms with Crippen LogP contribution in [0.3, 0.4) is 0 Å². The maximum absolute atomic E-state index is 11.6. The molecule has 0 atom stereocenters. The molecule has 3 rings (SSSR count). The zero-order valence-electron chi connectivity index (χ0n) is 12.3. The van der Waals surface area contributed by atoms with Crippen molar-refractivity contribution in [1.82, 2.24) is 0 Å². The summed E-state index contributed by atoms with van der Waals surface area (Å²) in [4.78, 5) is -0.257. The first-order valence-corrected chi connectivity index (χ1v) is 8.37. The Balaban J connectivity index is 2.19. The van der Waals surface area contributed by atoms with Crippen LogP contribution in [0.25, 0.3) is 10.8 Å². The quantitative estimate of drug-likeness (QED) is 0.554. The van der Waals surface area contributed by atoms with Gasteiger partial charge >= 0.3 is 0 Å². The van der Waals surface area contributed by atoms with Gasteiger partial charge in [0.25, 0.3) is 10.1 Å². The molecule has 23 heavy (non-hydrogen) atoms. The van der Waals surface area contributed by atoms with Crippen LogP contribution in [0.5, 0.6) is 0 Å². The predicted molar refractivity (Wildman–Crippen MR) is 89.1 cm³/mol. The minimum Gasteiger partial charge on any atom is -0.282 e. The number of fused-ring (bicyclic) bond motifs is 1. The number of aryl methyl sites for hydroxylation is 1. The molecule has 0 unspecified atom stereocenters. The van der Waals surface area contributed by atoms with Crippen molar-refractivity contribution in [2.24, 2.45) is 10.2 Å². The van der Waals surface area contributed by atoms with Crippen LogP contribution in [-0.4, -0.2) is 13.0 Å². The van der Waals surface area contributed by atoms with Crippen molar-refractivity contribution in [1.29, 1.82) is 0 Å². The fourth-order valence-corrected chi connectivity index (χ4v) is 2.90. The Labute approximate surface area is 134 Å². The summed E-state index contributed by atoms with van der Waals surface area (Å²) < 4.78 is 32.6. The third-order valence-corrected chi connectivity index (χ3v) is 4.33. The van der Waals surface area contributed by atoms with Crippen LogP contribution in [0.15, 0.2) is 75.8 Å². The second-order valence-corrected chi connectivity index (χ2v) is 6.53. The van der Waals surface area contributed by atoms with E-state index in [1.54, 1.807) is 30.3 Å². The Morgan fingerprint density at radius 2 is 1.57 bits per heavy atom. The SMILES string of the molecule is Cc1ccc(N=Nc2c(S(=O)(=O)O)ccc3ccccc23)cc1. The second kappa shape index (κ2) is 5.91. The van der Waals surface area contributed by atoms with Crippen LogP contribution in [0, 0.1) is 6.92 Å². The van der Waals surface area contributed by atoms with Gasteiger partial charge in [-0.25, -0.2) is 0 Å². The molecule has 3 aromatic carbocycles. The van der Waals surface area contributed by atoms with E-state index in [-0.39, 0.29) is 10.6 Å². The molecule has 0 bridgehead atoms. The molecule has 6 heteroatoms. The fraction of sp³-hybridized carbons (Fsp3) is 0.0588. The highest BCUT2D eigenvalue weighted by Gasteiger charge is 2.17. The molecule has 0 radical (unpaired) electrons. The lowest BCUT2D eigenvalue weighted by molar-refractivity contribution is 0.483. The van der Waals surface area contributed by atoms with Gasteiger partial charge < -0.3 is 0 Å². The number of hydrogen-bond donors (Lipinski definition) is 1. The van der Waals surface area contributed by atoms with Crippen molar-refractivity contribution in [2.75, 3.05) is 0 Å². The smallest absolute Gasteiger partial charge is 0.282 e. The average Bonchev–Trinajstić information content (AvgIpc) is 2.53. The summed E-state index contributed by atoms with van der Waals surface area (Å²) in [6, 6.07) is 17.5. The molecule has 116 valence electrons. The molecule has 0 aliphatic heterocycles. The Bertz CT molecular complexity index is 994. The fourth-order valence-electron chi connectivity index (χ4n) is 2.27. The second-order valence-electron chi connectivity index (χ2n) is 5.14. The summed E-state index contributed by atoms with van der Waals surface area (Å²) in [5.74, 6) is 0. The van der Waals surface area contributed by atoms with Gasteiger partial charge in [-0.2, -0.15) is 13.5 Å². The molecule has 0 heterocycles. The van der Waals surface area contributed by atoms with E-state index < -0.39 is 10.1 Å². The molecule has 0 aliphatic carbocycles. The first kappa shape index (κ1) is 15.3. The molecule has 0 aromatic heterocycles. The molecule has 0 aliphatic rings. The lowest BCUT2D eigenvalue weighted by Gasteiger charge is -2.06. The van der Waals surface area contributed by atoms with Crippen molar-refractivity contribution < 1.29 is 13.0 Å². The molecular formula is C17H14N2O3S. The van der Waals surface area contributed by atoms with Gasteiger partial charge in [-0.15, -0.1) is 5.11 Å². The number of rotatable bonds is 3. The molecule has 0 amide bonds. The Morgan fingerprint density at radius 3 is 2.26 bits per heavy atom. The molecular weight excluding hydrogens is 312 g/mol. The first-order chi connectivity index (χ1) is 10.9. The van der Waals surface area contributed by atoms with Crippen molar-refractivity contribution in [3.8, 4) is 0 Å². The van der Waals surface area contributed by atoms with Gasteiger partial charge in [-0.3, -0.25) is 4.55 Å². The average molecular weight is 326 g/mol. The van der Waals surface area contributed by atoms with E-state index >= 15 is 0 Å². The number of azo groups is 1. The largest absolute Gasteiger partial charge is 0.296 e. The highest BCUT2D eigenvalue weighted by molar-refractivity contribution is 7.86. The highest BCUT2D eigenvalue weighted by atomic mass is 32.2.